The molecule has 0 spiro atoms. The fourth-order valence-electron chi connectivity index (χ4n) is 8.46. The number of hydrogen-bond donors (Lipinski definition) is 14. The minimum atomic E-state index is -1.73. The summed E-state index contributed by atoms with van der Waals surface area (Å²) in [4.78, 5) is 126. The Kier molecular flexibility index (Phi) is 19.6. The summed E-state index contributed by atoms with van der Waals surface area (Å²) in [6, 6.07) is -2.67. The highest BCUT2D eigenvalue weighted by molar-refractivity contribution is 5.99. The standard InChI is InChI=1S/C46H67N15O10/c1-3-24(2)39(57-44(69)33(19-38(50)64)54-43(68)32(18-37(49)63)53-41(66)29(48)13-8-9-15-47)46(71)60-21-26(34-22-61(59-58-34)27-10-4-5-11-27)17-36(60)45(70)55-31(42(67)56-35(23-62)40(51)65)16-25-20-52-30-14-7-6-12-28(25)30/h4-7,10,12,14,20,22,24,26,29,31-33,35-36,39,52,58-59,62H,3,8-9,11,13,15-19,21,23,47-48H2,1-2H3,(H2,49,63)(H2,50,64)(H2,51,65)(H,53,66)(H,54,68)(H,55,70)(H,56,67)(H,57,69)/t24-,26?,29-,31-,32-,33-,35-,36-,39-/m0/s1. The van der Waals surface area contributed by atoms with Crippen LogP contribution in [0, 0.1) is 11.8 Å². The molecular formula is C46H67N15O10. The Bertz CT molecular complexity index is 2400. The number of carbonyl (C=O) groups is 9. The molecule has 1 aromatic carbocycles. The Labute approximate surface area is 409 Å². The lowest BCUT2D eigenvalue weighted by molar-refractivity contribution is -0.144. The van der Waals surface area contributed by atoms with Crippen molar-refractivity contribution >= 4 is 64.1 Å². The Morgan fingerprint density at radius 1 is 0.845 bits per heavy atom. The SMILES string of the molecule is CC[C@H](C)[C@H](NC(=O)[C@H](CC(N)=O)NC(=O)[C@H](CC(N)=O)NC(=O)[C@@H](N)CCCCN)C(=O)N1CC(C2=CN(C3=CC=CC3)NN2)C[C@H]1C(=O)N[C@@H](Cc1c[nH]c2ccccc12)C(=O)N[C@@H](CO)C(N)=O. The number of aliphatic hydroxyl groups is 1. The number of aliphatic hydroxyl groups excluding tert-OH is 1. The highest BCUT2D eigenvalue weighted by atomic mass is 16.3. The smallest absolute Gasteiger partial charge is 0.246 e. The first kappa shape index (κ1) is 54.6. The van der Waals surface area contributed by atoms with E-state index in [2.05, 4.69) is 42.5 Å². The number of likely N-dealkylation sites (tertiary alicyclic amines) is 1. The average molecular weight is 990 g/mol. The number of fused-ring (bicyclic) bond motifs is 1. The van der Waals surface area contributed by atoms with Crippen LogP contribution >= 0.6 is 0 Å². The van der Waals surface area contributed by atoms with Crippen molar-refractivity contribution < 1.29 is 48.3 Å². The summed E-state index contributed by atoms with van der Waals surface area (Å²) in [6.07, 6.45) is 9.97. The third-order valence-electron chi connectivity index (χ3n) is 12.7. The monoisotopic (exact) mass is 990 g/mol. The normalized spacial score (nSPS) is 19.2. The minimum Gasteiger partial charge on any atom is -0.394 e. The number of para-hydroxylation sites is 1. The molecule has 25 nitrogen and oxygen atoms in total. The van der Waals surface area contributed by atoms with Crippen molar-refractivity contribution in [3.05, 3.63) is 71.8 Å². The molecular weight excluding hydrogens is 923 g/mol. The zero-order valence-corrected chi connectivity index (χ0v) is 39.8. The number of nitrogens with two attached hydrogens (primary N) is 5. The van der Waals surface area contributed by atoms with E-state index in [4.69, 9.17) is 28.7 Å². The third-order valence-corrected chi connectivity index (χ3v) is 12.7. The van der Waals surface area contributed by atoms with E-state index in [1.807, 2.05) is 36.4 Å². The molecule has 9 amide bonds. The average Bonchev–Trinajstić information content (AvgIpc) is 4.18. The Morgan fingerprint density at radius 3 is 2.11 bits per heavy atom. The summed E-state index contributed by atoms with van der Waals surface area (Å²) in [5.74, 6) is -9.38. The summed E-state index contributed by atoms with van der Waals surface area (Å²) in [5, 5.41) is 24.9. The fourth-order valence-corrected chi connectivity index (χ4v) is 8.46. The number of rotatable bonds is 27. The van der Waals surface area contributed by atoms with Crippen LogP contribution in [0.15, 0.2) is 66.3 Å². The van der Waals surface area contributed by atoms with Crippen LogP contribution in [-0.4, -0.2) is 135 Å². The van der Waals surface area contributed by atoms with Crippen LogP contribution in [0.3, 0.4) is 0 Å². The Hall–Kier alpha value is -7.35. The lowest BCUT2D eigenvalue weighted by atomic mass is 9.96. The second-order valence-corrected chi connectivity index (χ2v) is 17.9. The maximum absolute atomic E-state index is 15.1. The number of nitrogens with one attached hydrogen (secondary N) is 8. The molecule has 9 atom stereocenters. The van der Waals surface area contributed by atoms with Gasteiger partial charge in [-0.3, -0.25) is 48.2 Å². The molecule has 2 aromatic rings. The van der Waals surface area contributed by atoms with Crippen molar-refractivity contribution in [2.75, 3.05) is 19.7 Å². The number of hydrogen-bond acceptors (Lipinski definition) is 15. The minimum absolute atomic E-state index is 0.0242. The van der Waals surface area contributed by atoms with Crippen molar-refractivity contribution in [1.29, 1.82) is 0 Å². The van der Waals surface area contributed by atoms with Gasteiger partial charge in [0.15, 0.2) is 0 Å². The highest BCUT2D eigenvalue weighted by Gasteiger charge is 2.46. The molecule has 386 valence electrons. The Balaban J connectivity index is 1.44. The number of H-pyrrole nitrogens is 1. The van der Waals surface area contributed by atoms with Crippen LogP contribution in [0.25, 0.3) is 10.9 Å². The number of hydrazine groups is 2. The molecule has 0 bridgehead atoms. The van der Waals surface area contributed by atoms with E-state index in [1.54, 1.807) is 37.3 Å². The van der Waals surface area contributed by atoms with Gasteiger partial charge < -0.3 is 75.7 Å². The molecule has 0 radical (unpaired) electrons. The molecule has 0 saturated carbocycles. The van der Waals surface area contributed by atoms with Crippen molar-refractivity contribution in [2.24, 2.45) is 40.5 Å². The Morgan fingerprint density at radius 2 is 1.49 bits per heavy atom. The van der Waals surface area contributed by atoms with E-state index in [1.165, 1.54) is 4.90 Å². The van der Waals surface area contributed by atoms with Gasteiger partial charge in [-0.15, -0.1) is 5.53 Å². The highest BCUT2D eigenvalue weighted by Crippen LogP contribution is 2.32. The van der Waals surface area contributed by atoms with Gasteiger partial charge in [0.1, 0.15) is 36.3 Å². The largest absolute Gasteiger partial charge is 0.394 e. The van der Waals surface area contributed by atoms with Gasteiger partial charge in [-0.25, -0.2) is 0 Å². The quantitative estimate of drug-likeness (QED) is 0.0381. The summed E-state index contributed by atoms with van der Waals surface area (Å²) in [7, 11) is 0. The molecule has 3 heterocycles. The summed E-state index contributed by atoms with van der Waals surface area (Å²) in [6.45, 7) is 2.92. The van der Waals surface area contributed by atoms with Gasteiger partial charge in [0.05, 0.1) is 31.2 Å². The number of aromatic nitrogens is 1. The van der Waals surface area contributed by atoms with E-state index in [0.717, 1.165) is 16.6 Å². The van der Waals surface area contributed by atoms with Crippen LogP contribution in [-0.2, 0) is 49.6 Å². The second kappa shape index (κ2) is 25.5. The number of primary amides is 3. The van der Waals surface area contributed by atoms with E-state index >= 15 is 4.79 Å². The van der Waals surface area contributed by atoms with Crippen LogP contribution in [0.1, 0.15) is 70.8 Å². The first-order chi connectivity index (χ1) is 33.8. The van der Waals surface area contributed by atoms with Crippen molar-refractivity contribution in [2.45, 2.75) is 114 Å². The maximum atomic E-state index is 15.1. The van der Waals surface area contributed by atoms with Gasteiger partial charge in [-0.1, -0.05) is 57.0 Å². The van der Waals surface area contributed by atoms with Crippen molar-refractivity contribution in [1.82, 2.24) is 52.4 Å². The number of nitrogens with zero attached hydrogens (tertiary/aromatic N) is 2. The number of unbranched alkanes of at least 4 members (excludes halogenated alkanes) is 1. The number of allylic oxidation sites excluding steroid dienone is 3. The topological polar surface area (TPSA) is 410 Å². The molecule has 3 aliphatic rings. The predicted molar refractivity (Wildman–Crippen MR) is 258 cm³/mol. The molecule has 1 aliphatic carbocycles. The van der Waals surface area contributed by atoms with Crippen LogP contribution in [0.4, 0.5) is 0 Å². The van der Waals surface area contributed by atoms with Crippen LogP contribution < -0.4 is 66.2 Å². The summed E-state index contributed by atoms with van der Waals surface area (Å²) >= 11 is 0. The van der Waals surface area contributed by atoms with Gasteiger partial charge in [-0.2, -0.15) is 0 Å². The number of aromatic amines is 1. The van der Waals surface area contributed by atoms with Crippen molar-refractivity contribution in [3.8, 4) is 0 Å². The van der Waals surface area contributed by atoms with Gasteiger partial charge in [0, 0.05) is 54.3 Å². The second-order valence-electron chi connectivity index (χ2n) is 17.9. The maximum Gasteiger partial charge on any atom is 0.246 e. The predicted octanol–water partition coefficient (Wildman–Crippen LogP) is -3.91. The first-order valence-corrected chi connectivity index (χ1v) is 23.5. The lowest BCUT2D eigenvalue weighted by Gasteiger charge is -2.33. The van der Waals surface area contributed by atoms with E-state index in [-0.39, 0.29) is 25.8 Å². The van der Waals surface area contributed by atoms with E-state index in [0.29, 0.717) is 43.5 Å². The van der Waals surface area contributed by atoms with Crippen molar-refractivity contribution in [3.63, 3.8) is 0 Å². The molecule has 19 N–H and O–H groups in total. The van der Waals surface area contributed by atoms with Gasteiger partial charge in [0.25, 0.3) is 0 Å². The molecule has 1 saturated heterocycles. The van der Waals surface area contributed by atoms with E-state index < -0.39 is 127 Å². The number of carbonyl (C=O) groups excluding carboxylic acids is 9. The number of benzene rings is 1. The summed E-state index contributed by atoms with van der Waals surface area (Å²) in [5.41, 5.74) is 37.0. The zero-order valence-electron chi connectivity index (χ0n) is 39.8. The first-order valence-electron chi connectivity index (χ1n) is 23.5. The number of amides is 9. The molecule has 2 aliphatic heterocycles. The molecule has 5 rings (SSSR count). The lowest BCUT2D eigenvalue weighted by Crippen LogP contribution is -2.61. The van der Waals surface area contributed by atoms with Gasteiger partial charge in [-0.05, 0) is 49.4 Å². The molecule has 25 heteroatoms. The van der Waals surface area contributed by atoms with E-state index in [9.17, 15) is 43.5 Å². The zero-order chi connectivity index (χ0) is 51.9. The van der Waals surface area contributed by atoms with Gasteiger partial charge in [0.2, 0.25) is 53.2 Å². The van der Waals surface area contributed by atoms with Crippen LogP contribution in [0.5, 0.6) is 0 Å². The molecule has 71 heavy (non-hydrogen) atoms. The molecule has 1 fully saturated rings. The molecule has 1 aromatic heterocycles. The van der Waals surface area contributed by atoms with Gasteiger partial charge >= 0.3 is 0 Å². The third kappa shape index (κ3) is 14.6. The molecule has 1 unspecified atom stereocenters. The van der Waals surface area contributed by atoms with Crippen LogP contribution in [0.2, 0.25) is 0 Å². The summed E-state index contributed by atoms with van der Waals surface area (Å²) < 4.78 is 0. The fraction of sp³-hybridized carbons (Fsp3) is 0.500.